The number of amides is 1. The van der Waals surface area contributed by atoms with Gasteiger partial charge in [0.2, 0.25) is 5.91 Å². The van der Waals surface area contributed by atoms with Gasteiger partial charge in [0, 0.05) is 29.8 Å². The second kappa shape index (κ2) is 12.1. The highest BCUT2D eigenvalue weighted by Crippen LogP contribution is 2.34. The number of likely N-dealkylation sites (tertiary alicyclic amines) is 1. The van der Waals surface area contributed by atoms with Crippen LogP contribution in [-0.2, 0) is 24.1 Å². The van der Waals surface area contributed by atoms with Crippen molar-refractivity contribution in [1.29, 1.82) is 0 Å². The molecule has 3 aromatic carbocycles. The van der Waals surface area contributed by atoms with Crippen LogP contribution in [-0.4, -0.2) is 33.6 Å². The van der Waals surface area contributed by atoms with Gasteiger partial charge in [-0.2, -0.15) is 13.2 Å². The van der Waals surface area contributed by atoms with E-state index in [0.717, 1.165) is 21.3 Å². The molecule has 5 rings (SSSR count). The van der Waals surface area contributed by atoms with E-state index in [1.165, 1.54) is 37.1 Å². The fourth-order valence-corrected chi connectivity index (χ4v) is 5.69. The van der Waals surface area contributed by atoms with E-state index in [4.69, 9.17) is 4.74 Å². The summed E-state index contributed by atoms with van der Waals surface area (Å²) in [5.74, 6) is -2.53. The Labute approximate surface area is 248 Å². The van der Waals surface area contributed by atoms with Crippen molar-refractivity contribution in [3.8, 4) is 16.9 Å². The van der Waals surface area contributed by atoms with Gasteiger partial charge in [-0.15, -0.1) is 0 Å². The first kappa shape index (κ1) is 30.7. The third-order valence-corrected chi connectivity index (χ3v) is 7.91. The highest BCUT2D eigenvalue weighted by Gasteiger charge is 2.36. The highest BCUT2D eigenvalue weighted by molar-refractivity contribution is 5.78. The summed E-state index contributed by atoms with van der Waals surface area (Å²) in [6.07, 6.45) is -4.12. The summed E-state index contributed by atoms with van der Waals surface area (Å²) in [4.78, 5) is 42.5. The smallest absolute Gasteiger partial charge is 0.416 e. The zero-order valence-corrected chi connectivity index (χ0v) is 23.8. The minimum atomic E-state index is -4.94. The minimum Gasteiger partial charge on any atom is -0.494 e. The van der Waals surface area contributed by atoms with Crippen molar-refractivity contribution in [2.24, 2.45) is 0 Å². The summed E-state index contributed by atoms with van der Waals surface area (Å²) in [6.45, 7) is 0.363. The number of halogens is 5. The van der Waals surface area contributed by atoms with Gasteiger partial charge >= 0.3 is 11.9 Å². The maximum Gasteiger partial charge on any atom is 0.416 e. The summed E-state index contributed by atoms with van der Waals surface area (Å²) in [6, 6.07) is 14.3. The Morgan fingerprint density at radius 2 is 1.61 bits per heavy atom. The minimum absolute atomic E-state index is 0.173. The third-order valence-electron chi connectivity index (χ3n) is 7.91. The van der Waals surface area contributed by atoms with Crippen molar-refractivity contribution in [3.05, 3.63) is 122 Å². The molecule has 1 atom stereocenters. The second-order valence-corrected chi connectivity index (χ2v) is 10.4. The van der Waals surface area contributed by atoms with E-state index in [1.807, 2.05) is 0 Å². The van der Waals surface area contributed by atoms with E-state index in [9.17, 15) is 31.9 Å². The molecule has 0 aliphatic carbocycles. The summed E-state index contributed by atoms with van der Waals surface area (Å²) < 4.78 is 79.0. The SMILES string of the molecule is COc1cccc(-c2c(C)n(Cc3c(F)cccc3C(F)(F)F)c(=O)n(C[C@H](c3ccccc3)N3CCCC3=O)c2=O)c1F. The number of hydrogen-bond donors (Lipinski definition) is 0. The Morgan fingerprint density at radius 3 is 2.25 bits per heavy atom. The van der Waals surface area contributed by atoms with Crippen LogP contribution in [0.15, 0.2) is 76.3 Å². The Morgan fingerprint density at radius 1 is 0.909 bits per heavy atom. The Kier molecular flexibility index (Phi) is 8.44. The van der Waals surface area contributed by atoms with Crippen molar-refractivity contribution >= 4 is 5.91 Å². The molecule has 0 spiro atoms. The van der Waals surface area contributed by atoms with Crippen LogP contribution in [0.4, 0.5) is 22.0 Å². The molecule has 1 fully saturated rings. The molecule has 1 aliphatic heterocycles. The molecule has 0 bridgehead atoms. The van der Waals surface area contributed by atoms with E-state index in [-0.39, 0.29) is 41.4 Å². The maximum absolute atomic E-state index is 15.6. The molecule has 4 aromatic rings. The molecular weight excluding hydrogens is 585 g/mol. The van der Waals surface area contributed by atoms with Gasteiger partial charge in [0.05, 0.1) is 37.4 Å². The van der Waals surface area contributed by atoms with Crippen molar-refractivity contribution < 1.29 is 31.5 Å². The van der Waals surface area contributed by atoms with Gasteiger partial charge < -0.3 is 9.64 Å². The molecule has 0 unspecified atom stereocenters. The largest absolute Gasteiger partial charge is 0.494 e. The summed E-state index contributed by atoms with van der Waals surface area (Å²) in [5, 5.41) is 0. The maximum atomic E-state index is 15.6. The number of benzene rings is 3. The topological polar surface area (TPSA) is 73.5 Å². The number of hydrogen-bond acceptors (Lipinski definition) is 4. The van der Waals surface area contributed by atoms with Crippen LogP contribution in [0.5, 0.6) is 5.75 Å². The molecule has 7 nitrogen and oxygen atoms in total. The molecule has 12 heteroatoms. The van der Waals surface area contributed by atoms with Crippen molar-refractivity contribution in [3.63, 3.8) is 0 Å². The molecule has 1 aromatic heterocycles. The first-order valence-electron chi connectivity index (χ1n) is 13.8. The number of rotatable bonds is 8. The normalized spacial score (nSPS) is 14.2. The van der Waals surface area contributed by atoms with Gasteiger partial charge in [0.15, 0.2) is 11.6 Å². The standard InChI is InChI=1S/C32H28F5N3O4/c1-19-28(21-11-6-14-26(44-2)29(21)34)30(42)40(18-25(20-9-4-3-5-10-20)38-16-8-15-27(38)41)31(43)39(19)17-22-23(32(35,36)37)12-7-13-24(22)33/h3-7,9-14,25H,8,15-18H2,1-2H3/t25-/m1/s1. The van der Waals surface area contributed by atoms with Crippen LogP contribution in [0, 0.1) is 18.6 Å². The molecule has 0 saturated carbocycles. The van der Waals surface area contributed by atoms with Crippen LogP contribution in [0.2, 0.25) is 0 Å². The molecule has 44 heavy (non-hydrogen) atoms. The van der Waals surface area contributed by atoms with Crippen LogP contribution < -0.4 is 16.0 Å². The highest BCUT2D eigenvalue weighted by atomic mass is 19.4. The van der Waals surface area contributed by atoms with Crippen LogP contribution in [0.3, 0.4) is 0 Å². The Hall–Kier alpha value is -4.74. The number of carbonyl (C=O) groups excluding carboxylic acids is 1. The van der Waals surface area contributed by atoms with Gasteiger partial charge in [0.25, 0.3) is 5.56 Å². The number of alkyl halides is 3. The predicted octanol–water partition coefficient (Wildman–Crippen LogP) is 5.70. The molecule has 0 radical (unpaired) electrons. The molecule has 1 amide bonds. The average molecular weight is 614 g/mol. The molecule has 0 N–H and O–H groups in total. The summed E-state index contributed by atoms with van der Waals surface area (Å²) in [5.41, 5.74) is -4.20. The van der Waals surface area contributed by atoms with Gasteiger partial charge in [-0.25, -0.2) is 13.6 Å². The zero-order chi connectivity index (χ0) is 31.8. The molecule has 230 valence electrons. The molecule has 1 saturated heterocycles. The predicted molar refractivity (Wildman–Crippen MR) is 152 cm³/mol. The number of methoxy groups -OCH3 is 1. The fraction of sp³-hybridized carbons (Fsp3) is 0.281. The zero-order valence-electron chi connectivity index (χ0n) is 23.8. The first-order chi connectivity index (χ1) is 20.9. The van der Waals surface area contributed by atoms with E-state index < -0.39 is 52.8 Å². The first-order valence-corrected chi connectivity index (χ1v) is 13.8. The number of carbonyl (C=O) groups is 1. The Balaban J connectivity index is 1.78. The van der Waals surface area contributed by atoms with E-state index in [0.29, 0.717) is 24.6 Å². The van der Waals surface area contributed by atoms with Gasteiger partial charge in [-0.1, -0.05) is 48.5 Å². The number of aromatic nitrogens is 2. The van der Waals surface area contributed by atoms with E-state index in [2.05, 4.69) is 0 Å². The van der Waals surface area contributed by atoms with Gasteiger partial charge in [0.1, 0.15) is 5.82 Å². The molecule has 1 aliphatic rings. The second-order valence-electron chi connectivity index (χ2n) is 10.4. The van der Waals surface area contributed by atoms with E-state index in [1.54, 1.807) is 30.3 Å². The third kappa shape index (κ3) is 5.63. The van der Waals surface area contributed by atoms with Crippen LogP contribution in [0.25, 0.3) is 11.1 Å². The summed E-state index contributed by atoms with van der Waals surface area (Å²) in [7, 11) is 1.22. The van der Waals surface area contributed by atoms with Gasteiger partial charge in [-0.05, 0) is 37.1 Å². The quantitative estimate of drug-likeness (QED) is 0.239. The molecule has 2 heterocycles. The van der Waals surface area contributed by atoms with Crippen LogP contribution >= 0.6 is 0 Å². The van der Waals surface area contributed by atoms with Crippen LogP contribution in [0.1, 0.15) is 41.3 Å². The summed E-state index contributed by atoms with van der Waals surface area (Å²) >= 11 is 0. The van der Waals surface area contributed by atoms with E-state index >= 15 is 4.39 Å². The lowest BCUT2D eigenvalue weighted by Crippen LogP contribution is -2.45. The monoisotopic (exact) mass is 613 g/mol. The number of ether oxygens (including phenoxy) is 1. The van der Waals surface area contributed by atoms with Gasteiger partial charge in [-0.3, -0.25) is 18.7 Å². The van der Waals surface area contributed by atoms with Crippen molar-refractivity contribution in [2.45, 2.75) is 45.1 Å². The van der Waals surface area contributed by atoms with Crippen molar-refractivity contribution in [1.82, 2.24) is 14.0 Å². The number of nitrogens with zero attached hydrogens (tertiary/aromatic N) is 3. The Bertz CT molecular complexity index is 1830. The average Bonchev–Trinajstić information content (AvgIpc) is 3.42. The van der Waals surface area contributed by atoms with Crippen molar-refractivity contribution in [2.75, 3.05) is 13.7 Å². The molecular formula is C32H28F5N3O4. The lowest BCUT2D eigenvalue weighted by atomic mass is 10.0. The lowest BCUT2D eigenvalue weighted by Gasteiger charge is -2.29. The lowest BCUT2D eigenvalue weighted by molar-refractivity contribution is -0.138. The fourth-order valence-electron chi connectivity index (χ4n) is 5.69.